The van der Waals surface area contributed by atoms with Crippen molar-refractivity contribution in [2.24, 2.45) is 0 Å². The number of anilines is 1. The van der Waals surface area contributed by atoms with Crippen LogP contribution in [0.1, 0.15) is 19.3 Å². The highest BCUT2D eigenvalue weighted by molar-refractivity contribution is 7.89. The third-order valence-corrected chi connectivity index (χ3v) is 6.71. The van der Waals surface area contributed by atoms with Gasteiger partial charge in [0.05, 0.1) is 11.4 Å². The van der Waals surface area contributed by atoms with Crippen molar-refractivity contribution in [2.75, 3.05) is 31.1 Å². The minimum absolute atomic E-state index is 0.0190. The summed E-state index contributed by atoms with van der Waals surface area (Å²) in [6.45, 7) is 2.64. The highest BCUT2D eigenvalue weighted by Gasteiger charge is 2.29. The second kappa shape index (κ2) is 7.20. The Balaban J connectivity index is 1.47. The van der Waals surface area contributed by atoms with E-state index in [2.05, 4.69) is 14.9 Å². The minimum atomic E-state index is -3.43. The van der Waals surface area contributed by atoms with Crippen LogP contribution in [0.2, 0.25) is 0 Å². The molecule has 0 bridgehead atoms. The predicted molar refractivity (Wildman–Crippen MR) is 97.7 cm³/mol. The number of nitrogens with zero attached hydrogens (tertiary/aromatic N) is 4. The predicted octanol–water partition coefficient (Wildman–Crippen LogP) is 1.92. The molecule has 2 aromatic heterocycles. The molecule has 0 N–H and O–H groups in total. The Morgan fingerprint density at radius 3 is 2.65 bits per heavy atom. The third kappa shape index (κ3) is 3.52. The molecule has 0 radical (unpaired) electrons. The molecular formula is C18H22N4O3S. The maximum atomic E-state index is 12.8. The molecule has 1 atom stereocenters. The zero-order valence-electron chi connectivity index (χ0n) is 14.5. The monoisotopic (exact) mass is 374 g/mol. The molecule has 0 spiro atoms. The SMILES string of the molecule is O=S(=O)(c1ccnc(N2CCC(Oc3ccccn3)C2)c1)N1CCCC1. The average Bonchev–Trinajstić information content (AvgIpc) is 3.35. The van der Waals surface area contributed by atoms with Crippen LogP contribution in [-0.2, 0) is 10.0 Å². The Kier molecular flexibility index (Phi) is 4.78. The summed E-state index contributed by atoms with van der Waals surface area (Å²) in [7, 11) is -3.43. The summed E-state index contributed by atoms with van der Waals surface area (Å²) in [5.41, 5.74) is 0. The normalized spacial score (nSPS) is 21.2. The molecule has 7 nitrogen and oxygen atoms in total. The van der Waals surface area contributed by atoms with Gasteiger partial charge >= 0.3 is 0 Å². The molecule has 138 valence electrons. The van der Waals surface area contributed by atoms with Crippen molar-refractivity contribution in [1.29, 1.82) is 0 Å². The van der Waals surface area contributed by atoms with Gasteiger partial charge in [0.15, 0.2) is 0 Å². The lowest BCUT2D eigenvalue weighted by atomic mass is 10.3. The molecule has 4 rings (SSSR count). The topological polar surface area (TPSA) is 75.6 Å². The van der Waals surface area contributed by atoms with Gasteiger partial charge in [-0.05, 0) is 25.0 Å². The molecule has 2 fully saturated rings. The number of aromatic nitrogens is 2. The van der Waals surface area contributed by atoms with Crippen LogP contribution in [0.15, 0.2) is 47.6 Å². The smallest absolute Gasteiger partial charge is 0.243 e. The molecule has 4 heterocycles. The van der Waals surface area contributed by atoms with Crippen molar-refractivity contribution in [3.8, 4) is 5.88 Å². The van der Waals surface area contributed by atoms with Crippen LogP contribution >= 0.6 is 0 Å². The van der Waals surface area contributed by atoms with Crippen molar-refractivity contribution < 1.29 is 13.2 Å². The number of pyridine rings is 2. The summed E-state index contributed by atoms with van der Waals surface area (Å²) in [4.78, 5) is 10.9. The van der Waals surface area contributed by atoms with Crippen LogP contribution in [0.4, 0.5) is 5.82 Å². The Morgan fingerprint density at radius 2 is 1.88 bits per heavy atom. The van der Waals surface area contributed by atoms with E-state index in [9.17, 15) is 8.42 Å². The molecule has 26 heavy (non-hydrogen) atoms. The summed E-state index contributed by atoms with van der Waals surface area (Å²) < 4.78 is 33.0. The van der Waals surface area contributed by atoms with Gasteiger partial charge in [0.1, 0.15) is 11.9 Å². The zero-order valence-corrected chi connectivity index (χ0v) is 15.3. The molecule has 0 aromatic carbocycles. The molecule has 0 aliphatic carbocycles. The fourth-order valence-electron chi connectivity index (χ4n) is 3.43. The second-order valence-corrected chi connectivity index (χ2v) is 8.54. The average molecular weight is 374 g/mol. The lowest BCUT2D eigenvalue weighted by molar-refractivity contribution is 0.216. The summed E-state index contributed by atoms with van der Waals surface area (Å²) in [5, 5.41) is 0. The van der Waals surface area contributed by atoms with Crippen molar-refractivity contribution in [3.05, 3.63) is 42.7 Å². The Morgan fingerprint density at radius 1 is 1.04 bits per heavy atom. The maximum absolute atomic E-state index is 12.8. The van der Waals surface area contributed by atoms with Gasteiger partial charge in [-0.3, -0.25) is 0 Å². The van der Waals surface area contributed by atoms with E-state index in [0.29, 0.717) is 36.2 Å². The highest BCUT2D eigenvalue weighted by Crippen LogP contribution is 2.26. The van der Waals surface area contributed by atoms with Crippen LogP contribution in [0.5, 0.6) is 5.88 Å². The van der Waals surface area contributed by atoms with Crippen LogP contribution in [-0.4, -0.2) is 55.0 Å². The zero-order chi connectivity index (χ0) is 18.0. The number of hydrogen-bond acceptors (Lipinski definition) is 6. The van der Waals surface area contributed by atoms with Gasteiger partial charge in [0.2, 0.25) is 15.9 Å². The van der Waals surface area contributed by atoms with Crippen LogP contribution in [0.3, 0.4) is 0 Å². The van der Waals surface area contributed by atoms with Gasteiger partial charge in [0, 0.05) is 50.6 Å². The first-order valence-electron chi connectivity index (χ1n) is 8.92. The quantitative estimate of drug-likeness (QED) is 0.796. The van der Waals surface area contributed by atoms with E-state index < -0.39 is 10.0 Å². The number of sulfonamides is 1. The number of rotatable bonds is 5. The maximum Gasteiger partial charge on any atom is 0.243 e. The number of ether oxygens (including phenoxy) is 1. The lowest BCUT2D eigenvalue weighted by Crippen LogP contribution is -2.29. The van der Waals surface area contributed by atoms with Crippen LogP contribution in [0.25, 0.3) is 0 Å². The summed E-state index contributed by atoms with van der Waals surface area (Å²) in [6, 6.07) is 8.84. The van der Waals surface area contributed by atoms with Gasteiger partial charge in [-0.15, -0.1) is 0 Å². The number of hydrogen-bond donors (Lipinski definition) is 0. The van der Waals surface area contributed by atoms with Crippen molar-refractivity contribution in [1.82, 2.24) is 14.3 Å². The fourth-order valence-corrected chi connectivity index (χ4v) is 4.95. The van der Waals surface area contributed by atoms with E-state index in [1.807, 2.05) is 18.2 Å². The van der Waals surface area contributed by atoms with E-state index >= 15 is 0 Å². The first kappa shape index (κ1) is 17.2. The summed E-state index contributed by atoms with van der Waals surface area (Å²) in [6.07, 6.45) is 6.00. The van der Waals surface area contributed by atoms with Crippen LogP contribution < -0.4 is 9.64 Å². The second-order valence-electron chi connectivity index (χ2n) is 6.60. The van der Waals surface area contributed by atoms with E-state index in [1.165, 1.54) is 0 Å². The first-order chi connectivity index (χ1) is 12.6. The Bertz CT molecular complexity index is 854. The standard InChI is InChI=1S/C18H22N4O3S/c23-26(24,22-10-3-4-11-22)16-6-9-19-17(13-16)21-12-7-15(14-21)25-18-5-1-2-8-20-18/h1-2,5-6,8-9,13,15H,3-4,7,10-12,14H2. The summed E-state index contributed by atoms with van der Waals surface area (Å²) >= 11 is 0. The third-order valence-electron chi connectivity index (χ3n) is 4.81. The van der Waals surface area contributed by atoms with Crippen molar-refractivity contribution in [3.63, 3.8) is 0 Å². The molecule has 2 aliphatic rings. The minimum Gasteiger partial charge on any atom is -0.472 e. The van der Waals surface area contributed by atoms with E-state index in [4.69, 9.17) is 4.74 Å². The largest absolute Gasteiger partial charge is 0.472 e. The molecule has 0 amide bonds. The van der Waals surface area contributed by atoms with E-state index in [1.54, 1.807) is 28.8 Å². The first-order valence-corrected chi connectivity index (χ1v) is 10.4. The summed E-state index contributed by atoms with van der Waals surface area (Å²) in [5.74, 6) is 1.29. The molecule has 2 aromatic rings. The molecule has 8 heteroatoms. The molecular weight excluding hydrogens is 352 g/mol. The van der Waals surface area contributed by atoms with Gasteiger partial charge in [-0.1, -0.05) is 6.07 Å². The molecule has 0 saturated carbocycles. The Hall–Kier alpha value is -2.19. The highest BCUT2D eigenvalue weighted by atomic mass is 32.2. The van der Waals surface area contributed by atoms with Gasteiger partial charge in [-0.2, -0.15) is 4.31 Å². The van der Waals surface area contributed by atoms with Gasteiger partial charge < -0.3 is 9.64 Å². The van der Waals surface area contributed by atoms with Gasteiger partial charge in [-0.25, -0.2) is 18.4 Å². The van der Waals surface area contributed by atoms with Crippen LogP contribution in [0, 0.1) is 0 Å². The van der Waals surface area contributed by atoms with Gasteiger partial charge in [0.25, 0.3) is 0 Å². The lowest BCUT2D eigenvalue weighted by Gasteiger charge is -2.20. The molecule has 2 saturated heterocycles. The van der Waals surface area contributed by atoms with E-state index in [-0.39, 0.29) is 6.10 Å². The van der Waals surface area contributed by atoms with E-state index in [0.717, 1.165) is 25.8 Å². The van der Waals surface area contributed by atoms with Crippen molar-refractivity contribution >= 4 is 15.8 Å². The van der Waals surface area contributed by atoms with Crippen molar-refractivity contribution in [2.45, 2.75) is 30.3 Å². The Labute approximate surface area is 153 Å². The molecule has 2 aliphatic heterocycles. The fraction of sp³-hybridized carbons (Fsp3) is 0.444. The molecule has 1 unspecified atom stereocenters.